The summed E-state index contributed by atoms with van der Waals surface area (Å²) in [6.45, 7) is 0. The lowest BCUT2D eigenvalue weighted by molar-refractivity contribution is 0.669. The van der Waals surface area contributed by atoms with Crippen LogP contribution in [0.1, 0.15) is 30.7 Å². The van der Waals surface area contributed by atoms with E-state index in [0.717, 1.165) is 46.9 Å². The van der Waals surface area contributed by atoms with E-state index in [1.54, 1.807) is 0 Å². The summed E-state index contributed by atoms with van der Waals surface area (Å²) in [6.07, 6.45) is 15.1. The molecule has 0 spiro atoms. The van der Waals surface area contributed by atoms with Gasteiger partial charge in [0.05, 0.1) is 16.6 Å². The van der Waals surface area contributed by atoms with Crippen LogP contribution in [0.2, 0.25) is 0 Å². The van der Waals surface area contributed by atoms with E-state index in [0.29, 0.717) is 5.92 Å². The first-order valence-corrected chi connectivity index (χ1v) is 16.0. The van der Waals surface area contributed by atoms with Gasteiger partial charge in [0, 0.05) is 54.8 Å². The zero-order valence-corrected chi connectivity index (χ0v) is 24.8. The van der Waals surface area contributed by atoms with Gasteiger partial charge in [-0.25, -0.2) is 0 Å². The van der Waals surface area contributed by atoms with Crippen molar-refractivity contribution in [3.8, 4) is 5.69 Å². The van der Waals surface area contributed by atoms with E-state index in [1.165, 1.54) is 54.5 Å². The van der Waals surface area contributed by atoms with Crippen LogP contribution in [0.5, 0.6) is 0 Å². The van der Waals surface area contributed by atoms with Crippen molar-refractivity contribution < 1.29 is 4.42 Å². The molecule has 10 rings (SSSR count). The molecule has 0 saturated carbocycles. The first-order chi connectivity index (χ1) is 22.3. The quantitative estimate of drug-likeness (QED) is 0.205. The minimum atomic E-state index is 0.313. The molecule has 0 amide bonds. The number of aromatic nitrogens is 2. The molecule has 3 aromatic heterocycles. The molecule has 0 bridgehead atoms. The van der Waals surface area contributed by atoms with Crippen LogP contribution in [0.25, 0.3) is 78.2 Å². The number of furan rings is 1. The third-order valence-electron chi connectivity index (χ3n) is 9.86. The van der Waals surface area contributed by atoms with Crippen molar-refractivity contribution in [3.63, 3.8) is 0 Å². The maximum atomic E-state index is 6.15. The number of rotatable bonds is 3. The number of hydrogen-bond acceptors (Lipinski definition) is 1. The molecule has 0 radical (unpaired) electrons. The minimum absolute atomic E-state index is 0.313. The summed E-state index contributed by atoms with van der Waals surface area (Å²) >= 11 is 0. The van der Waals surface area contributed by atoms with Crippen molar-refractivity contribution in [2.45, 2.75) is 25.2 Å². The fraction of sp³-hybridized carbons (Fsp3) is 0.0952. The van der Waals surface area contributed by atoms with Gasteiger partial charge in [-0.05, 0) is 79.4 Å². The van der Waals surface area contributed by atoms with Crippen molar-refractivity contribution in [2.75, 3.05) is 0 Å². The number of nitrogens with zero attached hydrogens (tertiary/aromatic N) is 2. The lowest BCUT2D eigenvalue weighted by Gasteiger charge is -2.16. The average molecular weight is 579 g/mol. The third kappa shape index (κ3) is 3.64. The van der Waals surface area contributed by atoms with Crippen LogP contribution in [0.15, 0.2) is 132 Å². The summed E-state index contributed by atoms with van der Waals surface area (Å²) in [5.41, 5.74) is 9.37. The first kappa shape index (κ1) is 24.9. The third-order valence-corrected chi connectivity index (χ3v) is 9.86. The average Bonchev–Trinajstić information content (AvgIpc) is 3.75. The Labute approximate surface area is 259 Å². The Balaban J connectivity index is 1.15. The van der Waals surface area contributed by atoms with Crippen molar-refractivity contribution in [3.05, 3.63) is 144 Å². The number of hydrogen-bond donors (Lipinski definition) is 0. The van der Waals surface area contributed by atoms with E-state index in [4.69, 9.17) is 4.42 Å². The van der Waals surface area contributed by atoms with Crippen molar-refractivity contribution in [1.82, 2.24) is 9.13 Å². The molecule has 2 aliphatic rings. The molecule has 5 aromatic carbocycles. The van der Waals surface area contributed by atoms with Crippen LogP contribution in [-0.2, 0) is 0 Å². The van der Waals surface area contributed by atoms with Crippen LogP contribution in [0.3, 0.4) is 0 Å². The Morgan fingerprint density at radius 3 is 2.20 bits per heavy atom. The van der Waals surface area contributed by atoms with Gasteiger partial charge >= 0.3 is 0 Å². The highest BCUT2D eigenvalue weighted by Gasteiger charge is 2.20. The van der Waals surface area contributed by atoms with Crippen LogP contribution in [0.4, 0.5) is 0 Å². The fourth-order valence-corrected chi connectivity index (χ4v) is 7.80. The molecule has 214 valence electrons. The van der Waals surface area contributed by atoms with Crippen LogP contribution in [-0.4, -0.2) is 9.13 Å². The molecule has 0 N–H and O–H groups in total. The second-order valence-electron chi connectivity index (χ2n) is 12.4. The zero-order chi connectivity index (χ0) is 29.5. The van der Waals surface area contributed by atoms with Crippen LogP contribution >= 0.6 is 0 Å². The van der Waals surface area contributed by atoms with Crippen molar-refractivity contribution in [1.29, 1.82) is 0 Å². The van der Waals surface area contributed by atoms with Crippen molar-refractivity contribution in [2.24, 2.45) is 0 Å². The van der Waals surface area contributed by atoms with Gasteiger partial charge in [0.15, 0.2) is 0 Å². The number of fused-ring (bicyclic) bond motifs is 9. The highest BCUT2D eigenvalue weighted by molar-refractivity contribution is 6.11. The Morgan fingerprint density at radius 1 is 0.578 bits per heavy atom. The molecule has 3 nitrogen and oxygen atoms in total. The molecule has 1 atom stereocenters. The standard InChI is InChI=1S/C42H30N2O/c1-2-10-29(11-3-1)43-37-15-7-4-12-31(37)34-24-27(18-21-39(34)43)28-19-22-40-35(25-28)32-13-5-8-16-38(32)44(40)30-20-23-42-36(26-30)33-14-6-9-17-41(33)45-42/h2,4-17,19-27H,1,3,18H2. The molecular formula is C42H30N2O. The van der Waals surface area contributed by atoms with Crippen molar-refractivity contribution >= 4 is 72.5 Å². The largest absolute Gasteiger partial charge is 0.456 e. The SMILES string of the molecule is C1=CC(n2c3c(c4ccccc42)=CC(c2ccc4c(c2)c2ccccc2n4-c2ccc4oc5ccccc5c4c2)CC=3)=CCC1. The second-order valence-corrected chi connectivity index (χ2v) is 12.4. The highest BCUT2D eigenvalue weighted by atomic mass is 16.3. The number of benzene rings is 5. The highest BCUT2D eigenvalue weighted by Crippen LogP contribution is 2.37. The van der Waals surface area contributed by atoms with E-state index in [2.05, 4.69) is 137 Å². The molecule has 0 aliphatic heterocycles. The maximum Gasteiger partial charge on any atom is 0.135 e. The Bertz CT molecular complexity index is 2690. The molecule has 0 saturated heterocycles. The fourth-order valence-electron chi connectivity index (χ4n) is 7.80. The van der Waals surface area contributed by atoms with Gasteiger partial charge in [-0.15, -0.1) is 0 Å². The monoisotopic (exact) mass is 578 g/mol. The summed E-state index contributed by atoms with van der Waals surface area (Å²) in [4.78, 5) is 0. The Kier molecular flexibility index (Phi) is 5.23. The summed E-state index contributed by atoms with van der Waals surface area (Å²) in [7, 11) is 0. The van der Waals surface area contributed by atoms with E-state index < -0.39 is 0 Å². The van der Waals surface area contributed by atoms with Gasteiger partial charge in [0.2, 0.25) is 0 Å². The summed E-state index contributed by atoms with van der Waals surface area (Å²) in [5, 5.41) is 8.87. The number of para-hydroxylation sites is 3. The summed E-state index contributed by atoms with van der Waals surface area (Å²) in [5.74, 6) is 0.313. The molecule has 3 heteroatoms. The zero-order valence-electron chi connectivity index (χ0n) is 24.8. The molecule has 0 fully saturated rings. The minimum Gasteiger partial charge on any atom is -0.456 e. The van der Waals surface area contributed by atoms with E-state index in [1.807, 2.05) is 12.1 Å². The molecular weight excluding hydrogens is 548 g/mol. The van der Waals surface area contributed by atoms with E-state index in [-0.39, 0.29) is 0 Å². The lowest BCUT2D eigenvalue weighted by Crippen LogP contribution is -2.32. The number of allylic oxidation sites excluding steroid dienone is 4. The lowest BCUT2D eigenvalue weighted by atomic mass is 9.90. The van der Waals surface area contributed by atoms with Gasteiger partial charge in [0.1, 0.15) is 11.2 Å². The van der Waals surface area contributed by atoms with Gasteiger partial charge < -0.3 is 13.6 Å². The molecule has 3 heterocycles. The molecule has 2 aliphatic carbocycles. The predicted molar refractivity (Wildman–Crippen MR) is 188 cm³/mol. The predicted octanol–water partition coefficient (Wildman–Crippen LogP) is 9.58. The van der Waals surface area contributed by atoms with E-state index >= 15 is 0 Å². The normalized spacial score (nSPS) is 16.4. The van der Waals surface area contributed by atoms with Gasteiger partial charge in [-0.2, -0.15) is 0 Å². The summed E-state index contributed by atoms with van der Waals surface area (Å²) < 4.78 is 11.0. The van der Waals surface area contributed by atoms with E-state index in [9.17, 15) is 0 Å². The Morgan fingerprint density at radius 2 is 1.33 bits per heavy atom. The molecule has 1 unspecified atom stereocenters. The topological polar surface area (TPSA) is 23.0 Å². The Hall–Kier alpha value is -5.54. The van der Waals surface area contributed by atoms with Crippen LogP contribution in [0, 0.1) is 0 Å². The second kappa shape index (κ2) is 9.48. The van der Waals surface area contributed by atoms with Gasteiger partial charge in [0.25, 0.3) is 0 Å². The van der Waals surface area contributed by atoms with Gasteiger partial charge in [-0.1, -0.05) is 85.0 Å². The smallest absolute Gasteiger partial charge is 0.135 e. The van der Waals surface area contributed by atoms with Gasteiger partial charge in [-0.3, -0.25) is 0 Å². The molecule has 8 aromatic rings. The maximum absolute atomic E-state index is 6.15. The first-order valence-electron chi connectivity index (χ1n) is 16.0. The molecule has 45 heavy (non-hydrogen) atoms. The van der Waals surface area contributed by atoms with Crippen LogP contribution < -0.4 is 10.6 Å². The summed E-state index contributed by atoms with van der Waals surface area (Å²) in [6, 6.07) is 39.6.